The van der Waals surface area contributed by atoms with E-state index in [4.69, 9.17) is 0 Å². The fourth-order valence-corrected chi connectivity index (χ4v) is 1.73. The molecule has 84 valence electrons. The van der Waals surface area contributed by atoms with Crippen LogP contribution in [0.4, 0.5) is 0 Å². The van der Waals surface area contributed by atoms with Crippen molar-refractivity contribution in [3.63, 3.8) is 0 Å². The maximum absolute atomic E-state index is 11.4. The van der Waals surface area contributed by atoms with Gasteiger partial charge in [-0.1, -0.05) is 6.92 Å². The molecule has 15 heavy (non-hydrogen) atoms. The van der Waals surface area contributed by atoms with E-state index in [9.17, 15) is 4.79 Å². The lowest BCUT2D eigenvalue weighted by molar-refractivity contribution is 0.568. The molecule has 0 unspecified atom stereocenters. The minimum atomic E-state index is 0.0636. The second-order valence-corrected chi connectivity index (χ2v) is 4.40. The first-order valence-electron chi connectivity index (χ1n) is 5.30. The van der Waals surface area contributed by atoms with Gasteiger partial charge in [0.25, 0.3) is 5.56 Å². The number of pyridine rings is 1. The molecule has 3 nitrogen and oxygen atoms in total. The van der Waals surface area contributed by atoms with E-state index in [2.05, 4.69) is 28.2 Å². The molecule has 0 aromatic carbocycles. The Bertz CT molecular complexity index is 349. The first-order valence-corrected chi connectivity index (χ1v) is 6.10. The summed E-state index contributed by atoms with van der Waals surface area (Å²) in [6.07, 6.45) is 3.97. The number of hydrogen-bond donors (Lipinski definition) is 1. The maximum Gasteiger partial charge on any atom is 0.250 e. The predicted molar refractivity (Wildman–Crippen MR) is 66.2 cm³/mol. The first-order chi connectivity index (χ1) is 7.24. The standard InChI is InChI=1S/C11H17BrN2O/c1-2-6-13-7-3-8-14-9-10(12)4-5-11(14)15/h4-5,9,13H,2-3,6-8H2,1H3. The van der Waals surface area contributed by atoms with Gasteiger partial charge in [0, 0.05) is 23.3 Å². The molecule has 0 amide bonds. The molecule has 0 fully saturated rings. The van der Waals surface area contributed by atoms with Crippen molar-refractivity contribution < 1.29 is 0 Å². The van der Waals surface area contributed by atoms with Gasteiger partial charge in [0.05, 0.1) is 0 Å². The van der Waals surface area contributed by atoms with E-state index in [1.807, 2.05) is 6.20 Å². The maximum atomic E-state index is 11.4. The highest BCUT2D eigenvalue weighted by atomic mass is 79.9. The molecule has 0 bridgehead atoms. The average molecular weight is 273 g/mol. The molecule has 4 heteroatoms. The highest BCUT2D eigenvalue weighted by Crippen LogP contribution is 2.04. The first kappa shape index (κ1) is 12.5. The van der Waals surface area contributed by atoms with E-state index < -0.39 is 0 Å². The van der Waals surface area contributed by atoms with Crippen molar-refractivity contribution in [2.75, 3.05) is 13.1 Å². The highest BCUT2D eigenvalue weighted by Gasteiger charge is 1.96. The van der Waals surface area contributed by atoms with Crippen molar-refractivity contribution in [1.29, 1.82) is 0 Å². The smallest absolute Gasteiger partial charge is 0.250 e. The third-order valence-corrected chi connectivity index (χ3v) is 2.60. The lowest BCUT2D eigenvalue weighted by Crippen LogP contribution is -2.22. The van der Waals surface area contributed by atoms with Gasteiger partial charge in [-0.05, 0) is 47.9 Å². The summed E-state index contributed by atoms with van der Waals surface area (Å²) in [5.41, 5.74) is 0.0636. The minimum Gasteiger partial charge on any atom is -0.317 e. The zero-order valence-corrected chi connectivity index (χ0v) is 10.6. The molecule has 1 rings (SSSR count). The average Bonchev–Trinajstić information content (AvgIpc) is 2.23. The largest absolute Gasteiger partial charge is 0.317 e. The molecule has 1 aromatic heterocycles. The van der Waals surface area contributed by atoms with Crippen LogP contribution >= 0.6 is 15.9 Å². The Morgan fingerprint density at radius 2 is 2.20 bits per heavy atom. The Labute approximate surface area is 98.6 Å². The third kappa shape index (κ3) is 4.62. The number of aryl methyl sites for hydroxylation is 1. The molecule has 0 atom stereocenters. The van der Waals surface area contributed by atoms with Crippen LogP contribution in [0.2, 0.25) is 0 Å². The third-order valence-electron chi connectivity index (χ3n) is 2.13. The number of halogens is 1. The molecule has 0 aliphatic carbocycles. The van der Waals surface area contributed by atoms with Gasteiger partial charge in [0.2, 0.25) is 0 Å². The van der Waals surface area contributed by atoms with Crippen LogP contribution in [0.15, 0.2) is 27.6 Å². The second kappa shape index (κ2) is 6.80. The Morgan fingerprint density at radius 3 is 2.93 bits per heavy atom. The summed E-state index contributed by atoms with van der Waals surface area (Å²) < 4.78 is 2.68. The van der Waals surface area contributed by atoms with Crippen molar-refractivity contribution in [2.24, 2.45) is 0 Å². The molecular weight excluding hydrogens is 256 g/mol. The lowest BCUT2D eigenvalue weighted by Gasteiger charge is -2.06. The summed E-state index contributed by atoms with van der Waals surface area (Å²) in [6.45, 7) is 4.93. The van der Waals surface area contributed by atoms with Crippen LogP contribution in [0.25, 0.3) is 0 Å². The Kier molecular flexibility index (Phi) is 5.65. The van der Waals surface area contributed by atoms with Gasteiger partial charge < -0.3 is 9.88 Å². The molecule has 0 spiro atoms. The summed E-state index contributed by atoms with van der Waals surface area (Å²) in [5.74, 6) is 0. The van der Waals surface area contributed by atoms with Crippen LogP contribution in [0.3, 0.4) is 0 Å². The van der Waals surface area contributed by atoms with Crippen molar-refractivity contribution in [1.82, 2.24) is 9.88 Å². The van der Waals surface area contributed by atoms with Crippen LogP contribution in [0.1, 0.15) is 19.8 Å². The molecule has 1 N–H and O–H groups in total. The van der Waals surface area contributed by atoms with Crippen LogP contribution in [0, 0.1) is 0 Å². The molecule has 0 saturated heterocycles. The summed E-state index contributed by atoms with van der Waals surface area (Å²) in [7, 11) is 0. The highest BCUT2D eigenvalue weighted by molar-refractivity contribution is 9.10. The van der Waals surface area contributed by atoms with Gasteiger partial charge in [-0.3, -0.25) is 4.79 Å². The summed E-state index contributed by atoms with van der Waals surface area (Å²) in [6, 6.07) is 3.36. The number of rotatable bonds is 6. The molecule has 1 aromatic rings. The number of nitrogens with zero attached hydrogens (tertiary/aromatic N) is 1. The van der Waals surface area contributed by atoms with Gasteiger partial charge in [0.1, 0.15) is 0 Å². The monoisotopic (exact) mass is 272 g/mol. The van der Waals surface area contributed by atoms with Gasteiger partial charge in [-0.25, -0.2) is 0 Å². The SMILES string of the molecule is CCCNCCCn1cc(Br)ccc1=O. The molecule has 0 radical (unpaired) electrons. The second-order valence-electron chi connectivity index (χ2n) is 3.48. The molecule has 0 aliphatic heterocycles. The van der Waals surface area contributed by atoms with Crippen molar-refractivity contribution >= 4 is 15.9 Å². The van der Waals surface area contributed by atoms with Crippen molar-refractivity contribution in [3.05, 3.63) is 33.2 Å². The number of nitrogens with one attached hydrogen (secondary N) is 1. The van der Waals surface area contributed by atoms with E-state index in [0.717, 1.165) is 36.9 Å². The summed E-state index contributed by atoms with van der Waals surface area (Å²) in [4.78, 5) is 11.4. The Hall–Kier alpha value is -0.610. The minimum absolute atomic E-state index is 0.0636. The van der Waals surface area contributed by atoms with Crippen LogP contribution in [-0.2, 0) is 6.54 Å². The number of hydrogen-bond acceptors (Lipinski definition) is 2. The molecule has 0 aliphatic rings. The number of aromatic nitrogens is 1. The van der Waals surface area contributed by atoms with E-state index in [0.29, 0.717) is 0 Å². The quantitative estimate of drug-likeness (QED) is 0.804. The van der Waals surface area contributed by atoms with E-state index >= 15 is 0 Å². The Morgan fingerprint density at radius 1 is 1.40 bits per heavy atom. The van der Waals surface area contributed by atoms with Gasteiger partial charge in [0.15, 0.2) is 0 Å². The molecule has 1 heterocycles. The normalized spacial score (nSPS) is 10.5. The van der Waals surface area contributed by atoms with Crippen LogP contribution < -0.4 is 10.9 Å². The zero-order chi connectivity index (χ0) is 11.1. The topological polar surface area (TPSA) is 34.0 Å². The van der Waals surface area contributed by atoms with Gasteiger partial charge >= 0.3 is 0 Å². The Balaban J connectivity index is 2.37. The van der Waals surface area contributed by atoms with E-state index in [-0.39, 0.29) is 5.56 Å². The van der Waals surface area contributed by atoms with Gasteiger partial charge in [-0.15, -0.1) is 0 Å². The lowest BCUT2D eigenvalue weighted by atomic mass is 10.3. The predicted octanol–water partition coefficient (Wildman–Crippen LogP) is 2.00. The van der Waals surface area contributed by atoms with Gasteiger partial charge in [-0.2, -0.15) is 0 Å². The van der Waals surface area contributed by atoms with Crippen molar-refractivity contribution in [2.45, 2.75) is 26.3 Å². The molecular formula is C11H17BrN2O. The van der Waals surface area contributed by atoms with E-state index in [1.165, 1.54) is 0 Å². The van der Waals surface area contributed by atoms with Crippen LogP contribution in [0.5, 0.6) is 0 Å². The van der Waals surface area contributed by atoms with Crippen LogP contribution in [-0.4, -0.2) is 17.7 Å². The fourth-order valence-electron chi connectivity index (χ4n) is 1.35. The molecule has 0 saturated carbocycles. The summed E-state index contributed by atoms with van der Waals surface area (Å²) in [5, 5.41) is 3.31. The summed E-state index contributed by atoms with van der Waals surface area (Å²) >= 11 is 3.35. The van der Waals surface area contributed by atoms with Crippen molar-refractivity contribution in [3.8, 4) is 0 Å². The van der Waals surface area contributed by atoms with E-state index in [1.54, 1.807) is 16.7 Å². The fraction of sp³-hybridized carbons (Fsp3) is 0.545. The zero-order valence-electron chi connectivity index (χ0n) is 9.00.